The molecular weight excluding hydrogens is 213 g/mol. The van der Waals surface area contributed by atoms with Crippen molar-refractivity contribution in [2.75, 3.05) is 5.32 Å². The SMILES string of the molecule is CC#CC(=O)Nc1c(F)cccc1C(=O)O. The Hall–Kier alpha value is -2.35. The molecule has 82 valence electrons. The first-order chi connectivity index (χ1) is 7.56. The standard InChI is InChI=1S/C11H8FNO3/c1-2-4-9(14)13-10-7(11(15)16)5-3-6-8(10)12/h3,5-6H,1H3,(H,13,14)(H,15,16). The number of carbonyl (C=O) groups excluding carboxylic acids is 1. The van der Waals surface area contributed by atoms with Crippen LogP contribution in [0.3, 0.4) is 0 Å². The van der Waals surface area contributed by atoms with E-state index in [1.54, 1.807) is 0 Å². The monoisotopic (exact) mass is 221 g/mol. The number of benzene rings is 1. The molecule has 4 nitrogen and oxygen atoms in total. The number of carbonyl (C=O) groups is 2. The highest BCUT2D eigenvalue weighted by Gasteiger charge is 2.15. The molecule has 0 unspecified atom stereocenters. The Morgan fingerprint density at radius 1 is 1.44 bits per heavy atom. The van der Waals surface area contributed by atoms with Crippen molar-refractivity contribution < 1.29 is 19.1 Å². The molecule has 0 aliphatic rings. The highest BCUT2D eigenvalue weighted by molar-refractivity contribution is 6.07. The molecule has 16 heavy (non-hydrogen) atoms. The van der Waals surface area contributed by atoms with E-state index >= 15 is 0 Å². The minimum absolute atomic E-state index is 0.314. The summed E-state index contributed by atoms with van der Waals surface area (Å²) in [5, 5.41) is 10.9. The second kappa shape index (κ2) is 4.94. The molecule has 0 aliphatic heterocycles. The summed E-state index contributed by atoms with van der Waals surface area (Å²) in [6.45, 7) is 1.44. The molecule has 0 heterocycles. The van der Waals surface area contributed by atoms with E-state index in [1.807, 2.05) is 0 Å². The van der Waals surface area contributed by atoms with Crippen molar-refractivity contribution in [3.8, 4) is 11.8 Å². The highest BCUT2D eigenvalue weighted by atomic mass is 19.1. The number of anilines is 1. The summed E-state index contributed by atoms with van der Waals surface area (Å²) in [7, 11) is 0. The fraction of sp³-hybridized carbons (Fsp3) is 0.0909. The van der Waals surface area contributed by atoms with Crippen molar-refractivity contribution in [1.82, 2.24) is 0 Å². The summed E-state index contributed by atoms with van der Waals surface area (Å²) in [5.74, 6) is 1.56. The van der Waals surface area contributed by atoms with E-state index in [9.17, 15) is 14.0 Å². The van der Waals surface area contributed by atoms with Crippen molar-refractivity contribution in [3.05, 3.63) is 29.6 Å². The Labute approximate surface area is 91.1 Å². The number of nitrogens with one attached hydrogen (secondary N) is 1. The largest absolute Gasteiger partial charge is 0.478 e. The lowest BCUT2D eigenvalue weighted by Gasteiger charge is -2.06. The lowest BCUT2D eigenvalue weighted by atomic mass is 10.1. The summed E-state index contributed by atoms with van der Waals surface area (Å²) in [5.41, 5.74) is -0.686. The maximum absolute atomic E-state index is 13.3. The number of halogens is 1. The third-order valence-electron chi connectivity index (χ3n) is 1.72. The molecule has 1 aromatic rings. The molecular formula is C11H8FNO3. The first-order valence-electron chi connectivity index (χ1n) is 4.31. The average molecular weight is 221 g/mol. The van der Waals surface area contributed by atoms with Gasteiger partial charge in [-0.1, -0.05) is 12.0 Å². The number of rotatable bonds is 2. The van der Waals surface area contributed by atoms with Crippen LogP contribution in [0.5, 0.6) is 0 Å². The molecule has 0 bridgehead atoms. The van der Waals surface area contributed by atoms with Crippen LogP contribution in [0.2, 0.25) is 0 Å². The zero-order chi connectivity index (χ0) is 12.1. The van der Waals surface area contributed by atoms with E-state index in [4.69, 9.17) is 5.11 Å². The second-order valence-corrected chi connectivity index (χ2v) is 2.80. The van der Waals surface area contributed by atoms with Crippen LogP contribution >= 0.6 is 0 Å². The molecule has 0 atom stereocenters. The highest BCUT2D eigenvalue weighted by Crippen LogP contribution is 2.19. The summed E-state index contributed by atoms with van der Waals surface area (Å²) >= 11 is 0. The Morgan fingerprint density at radius 3 is 2.69 bits per heavy atom. The third-order valence-corrected chi connectivity index (χ3v) is 1.72. The predicted molar refractivity (Wildman–Crippen MR) is 55.4 cm³/mol. The molecule has 0 spiro atoms. The van der Waals surface area contributed by atoms with Gasteiger partial charge in [-0.2, -0.15) is 0 Å². The zero-order valence-corrected chi connectivity index (χ0v) is 8.37. The fourth-order valence-electron chi connectivity index (χ4n) is 1.09. The van der Waals surface area contributed by atoms with Crippen LogP contribution in [-0.4, -0.2) is 17.0 Å². The molecule has 0 aliphatic carbocycles. The minimum Gasteiger partial charge on any atom is -0.478 e. The first-order valence-corrected chi connectivity index (χ1v) is 4.31. The molecule has 0 saturated carbocycles. The topological polar surface area (TPSA) is 66.4 Å². The van der Waals surface area contributed by atoms with E-state index in [1.165, 1.54) is 19.1 Å². The quantitative estimate of drug-likeness (QED) is 0.743. The Morgan fingerprint density at radius 2 is 2.12 bits per heavy atom. The Balaban J connectivity index is 3.14. The van der Waals surface area contributed by atoms with Crippen LogP contribution in [0.1, 0.15) is 17.3 Å². The number of hydrogen-bond donors (Lipinski definition) is 2. The van der Waals surface area contributed by atoms with Crippen LogP contribution in [0.25, 0.3) is 0 Å². The number of amides is 1. The van der Waals surface area contributed by atoms with Crippen molar-refractivity contribution in [2.45, 2.75) is 6.92 Å². The third kappa shape index (κ3) is 2.58. The van der Waals surface area contributed by atoms with Crippen LogP contribution < -0.4 is 5.32 Å². The van der Waals surface area contributed by atoms with Crippen LogP contribution in [0, 0.1) is 17.7 Å². The minimum atomic E-state index is -1.32. The van der Waals surface area contributed by atoms with Gasteiger partial charge in [-0.25, -0.2) is 9.18 Å². The van der Waals surface area contributed by atoms with Crippen molar-refractivity contribution in [2.24, 2.45) is 0 Å². The van der Waals surface area contributed by atoms with Gasteiger partial charge in [-0.15, -0.1) is 0 Å². The number of carboxylic acid groups (broad SMARTS) is 1. The summed E-state index contributed by atoms with van der Waals surface area (Å²) in [4.78, 5) is 21.9. The number of aromatic carboxylic acids is 1. The predicted octanol–water partition coefficient (Wildman–Crippen LogP) is 1.49. The van der Waals surface area contributed by atoms with E-state index in [0.29, 0.717) is 0 Å². The Kier molecular flexibility index (Phi) is 3.62. The van der Waals surface area contributed by atoms with Crippen molar-refractivity contribution >= 4 is 17.6 Å². The molecule has 0 radical (unpaired) electrons. The van der Waals surface area contributed by atoms with Crippen molar-refractivity contribution in [1.29, 1.82) is 0 Å². The maximum atomic E-state index is 13.3. The normalized spacial score (nSPS) is 8.88. The maximum Gasteiger partial charge on any atom is 0.337 e. The van der Waals surface area contributed by atoms with Gasteiger partial charge in [0, 0.05) is 0 Å². The molecule has 0 fully saturated rings. The molecule has 1 rings (SSSR count). The van der Waals surface area contributed by atoms with Gasteiger partial charge in [0.1, 0.15) is 5.82 Å². The lowest BCUT2D eigenvalue weighted by Crippen LogP contribution is -2.14. The molecule has 0 saturated heterocycles. The summed E-state index contributed by atoms with van der Waals surface area (Å²) in [6, 6.07) is 3.50. The van der Waals surface area contributed by atoms with Gasteiger partial charge < -0.3 is 10.4 Å². The molecule has 1 aromatic carbocycles. The van der Waals surface area contributed by atoms with Gasteiger partial charge in [0.05, 0.1) is 11.3 Å². The van der Waals surface area contributed by atoms with Gasteiger partial charge in [-0.05, 0) is 25.0 Å². The number of hydrogen-bond acceptors (Lipinski definition) is 2. The number of para-hydroxylation sites is 1. The molecule has 1 amide bonds. The van der Waals surface area contributed by atoms with Crippen LogP contribution in [-0.2, 0) is 4.79 Å². The molecule has 5 heteroatoms. The van der Waals surface area contributed by atoms with Gasteiger partial charge in [0.15, 0.2) is 0 Å². The Bertz CT molecular complexity index is 500. The second-order valence-electron chi connectivity index (χ2n) is 2.80. The summed E-state index contributed by atoms with van der Waals surface area (Å²) in [6.07, 6.45) is 0. The van der Waals surface area contributed by atoms with Gasteiger partial charge in [0.25, 0.3) is 5.91 Å². The first kappa shape index (κ1) is 11.7. The fourth-order valence-corrected chi connectivity index (χ4v) is 1.09. The van der Waals surface area contributed by atoms with Gasteiger partial charge >= 0.3 is 5.97 Å². The summed E-state index contributed by atoms with van der Waals surface area (Å²) < 4.78 is 13.3. The van der Waals surface area contributed by atoms with Crippen LogP contribution in [0.15, 0.2) is 18.2 Å². The van der Waals surface area contributed by atoms with Crippen molar-refractivity contribution in [3.63, 3.8) is 0 Å². The van der Waals surface area contributed by atoms with E-state index in [0.717, 1.165) is 6.07 Å². The number of carboxylic acids is 1. The smallest absolute Gasteiger partial charge is 0.337 e. The van der Waals surface area contributed by atoms with E-state index in [2.05, 4.69) is 17.2 Å². The zero-order valence-electron chi connectivity index (χ0n) is 8.37. The van der Waals surface area contributed by atoms with Crippen LogP contribution in [0.4, 0.5) is 10.1 Å². The van der Waals surface area contributed by atoms with E-state index in [-0.39, 0.29) is 11.3 Å². The molecule has 0 aromatic heterocycles. The molecule has 2 N–H and O–H groups in total. The lowest BCUT2D eigenvalue weighted by molar-refractivity contribution is -0.111. The van der Waals surface area contributed by atoms with E-state index < -0.39 is 17.7 Å². The van der Waals surface area contributed by atoms with Gasteiger partial charge in [0.2, 0.25) is 0 Å². The van der Waals surface area contributed by atoms with Gasteiger partial charge in [-0.3, -0.25) is 4.79 Å². The average Bonchev–Trinajstić information content (AvgIpc) is 2.21.